The van der Waals surface area contributed by atoms with Crippen LogP contribution in [0.5, 0.6) is 0 Å². The van der Waals surface area contributed by atoms with Crippen molar-refractivity contribution in [3.63, 3.8) is 0 Å². The Morgan fingerprint density at radius 3 is 2.88 bits per heavy atom. The van der Waals surface area contributed by atoms with Crippen molar-refractivity contribution in [3.05, 3.63) is 16.6 Å². The molecule has 0 radical (unpaired) electrons. The molecule has 2 atom stereocenters. The first-order valence-electron chi connectivity index (χ1n) is 5.93. The summed E-state index contributed by atoms with van der Waals surface area (Å²) in [5.74, 6) is -0.932. The maximum absolute atomic E-state index is 10.6. The maximum Gasteiger partial charge on any atom is 0.306 e. The van der Waals surface area contributed by atoms with Crippen LogP contribution in [0.3, 0.4) is 0 Å². The summed E-state index contributed by atoms with van der Waals surface area (Å²) >= 11 is 1.65. The van der Waals surface area contributed by atoms with E-state index < -0.39 is 5.97 Å². The molecule has 0 bridgehead atoms. The molecule has 96 valence electrons. The van der Waals surface area contributed by atoms with E-state index in [0.29, 0.717) is 6.04 Å². The largest absolute Gasteiger partial charge is 0.481 e. The number of nitrogens with zero attached hydrogens (tertiary/aromatic N) is 1. The molecule has 0 aromatic carbocycles. The van der Waals surface area contributed by atoms with Gasteiger partial charge in [0.1, 0.15) is 0 Å². The molecule has 0 fully saturated rings. The molecule has 0 amide bonds. The van der Waals surface area contributed by atoms with E-state index in [0.717, 1.165) is 25.8 Å². The van der Waals surface area contributed by atoms with Crippen LogP contribution < -0.4 is 5.32 Å². The van der Waals surface area contributed by atoms with E-state index in [1.807, 2.05) is 11.7 Å². The number of hydrogen-bond donors (Lipinski definition) is 2. The highest BCUT2D eigenvalue weighted by Gasteiger charge is 2.11. The molecule has 2 N–H and O–H groups in total. The number of thiazole rings is 1. The van der Waals surface area contributed by atoms with Gasteiger partial charge in [-0.1, -0.05) is 13.3 Å². The third-order valence-electron chi connectivity index (χ3n) is 2.80. The molecule has 0 aliphatic heterocycles. The van der Waals surface area contributed by atoms with Gasteiger partial charge in [0.25, 0.3) is 0 Å². The molecule has 1 heterocycles. The summed E-state index contributed by atoms with van der Waals surface area (Å²) in [6.45, 7) is 4.74. The number of nitrogens with one attached hydrogen (secondary N) is 1. The standard InChI is InChI=1S/C12H20N2O2S/c1-9(12(15)16)4-3-5-10(2)14-7-11-6-13-8-17-11/h6,8-10,14H,3-5,7H2,1-2H3,(H,15,16). The molecule has 4 nitrogen and oxygen atoms in total. The molecule has 0 saturated carbocycles. The Bertz CT molecular complexity index is 327. The first-order chi connectivity index (χ1) is 8.09. The van der Waals surface area contributed by atoms with Gasteiger partial charge < -0.3 is 10.4 Å². The Kier molecular flexibility index (Phi) is 6.15. The average Bonchev–Trinajstić information content (AvgIpc) is 2.78. The van der Waals surface area contributed by atoms with Gasteiger partial charge in [-0.25, -0.2) is 0 Å². The zero-order chi connectivity index (χ0) is 12.7. The topological polar surface area (TPSA) is 62.2 Å². The Labute approximate surface area is 106 Å². The fraction of sp³-hybridized carbons (Fsp3) is 0.667. The van der Waals surface area contributed by atoms with Crippen LogP contribution in [-0.2, 0) is 11.3 Å². The van der Waals surface area contributed by atoms with Gasteiger partial charge in [0.15, 0.2) is 0 Å². The molecule has 0 aliphatic rings. The summed E-state index contributed by atoms with van der Waals surface area (Å²) in [5.41, 5.74) is 1.83. The number of hydrogen-bond acceptors (Lipinski definition) is 4. The van der Waals surface area contributed by atoms with Crippen LogP contribution in [0.2, 0.25) is 0 Å². The Hall–Kier alpha value is -0.940. The number of rotatable bonds is 8. The van der Waals surface area contributed by atoms with Gasteiger partial charge in [0.05, 0.1) is 11.4 Å². The highest BCUT2D eigenvalue weighted by molar-refractivity contribution is 7.09. The SMILES string of the molecule is CC(CCCC(C)C(=O)O)NCc1cncs1. The fourth-order valence-corrected chi connectivity index (χ4v) is 2.11. The lowest BCUT2D eigenvalue weighted by molar-refractivity contribution is -0.141. The minimum absolute atomic E-state index is 0.233. The molecule has 1 aromatic rings. The molecular weight excluding hydrogens is 236 g/mol. The Morgan fingerprint density at radius 2 is 2.29 bits per heavy atom. The van der Waals surface area contributed by atoms with Gasteiger partial charge in [0.2, 0.25) is 0 Å². The van der Waals surface area contributed by atoms with Gasteiger partial charge in [-0.05, 0) is 19.8 Å². The molecular formula is C12H20N2O2S. The van der Waals surface area contributed by atoms with Crippen LogP contribution in [0, 0.1) is 5.92 Å². The van der Waals surface area contributed by atoms with Gasteiger partial charge >= 0.3 is 5.97 Å². The van der Waals surface area contributed by atoms with Crippen LogP contribution in [0.15, 0.2) is 11.7 Å². The van der Waals surface area contributed by atoms with Crippen molar-refractivity contribution in [3.8, 4) is 0 Å². The van der Waals surface area contributed by atoms with Crippen LogP contribution in [0.1, 0.15) is 38.0 Å². The first-order valence-corrected chi connectivity index (χ1v) is 6.81. The zero-order valence-electron chi connectivity index (χ0n) is 10.3. The lowest BCUT2D eigenvalue weighted by atomic mass is 10.0. The molecule has 2 unspecified atom stereocenters. The summed E-state index contributed by atoms with van der Waals surface area (Å²) < 4.78 is 0. The van der Waals surface area contributed by atoms with E-state index in [4.69, 9.17) is 5.11 Å². The van der Waals surface area contributed by atoms with Gasteiger partial charge in [-0.15, -0.1) is 11.3 Å². The summed E-state index contributed by atoms with van der Waals surface area (Å²) in [4.78, 5) is 15.9. The Balaban J connectivity index is 2.09. The molecule has 0 aliphatic carbocycles. The molecule has 0 saturated heterocycles. The second-order valence-corrected chi connectivity index (χ2v) is 5.39. The number of aliphatic carboxylic acids is 1. The van der Waals surface area contributed by atoms with Crippen LogP contribution in [-0.4, -0.2) is 22.1 Å². The van der Waals surface area contributed by atoms with Crippen molar-refractivity contribution in [1.29, 1.82) is 0 Å². The molecule has 17 heavy (non-hydrogen) atoms. The highest BCUT2D eigenvalue weighted by atomic mass is 32.1. The van der Waals surface area contributed by atoms with Crippen LogP contribution in [0.4, 0.5) is 0 Å². The van der Waals surface area contributed by atoms with Crippen LogP contribution in [0.25, 0.3) is 0 Å². The fourth-order valence-electron chi connectivity index (χ4n) is 1.56. The lowest BCUT2D eigenvalue weighted by Crippen LogP contribution is -2.25. The second-order valence-electron chi connectivity index (χ2n) is 4.42. The maximum atomic E-state index is 10.6. The van der Waals surface area contributed by atoms with Gasteiger partial charge in [-0.2, -0.15) is 0 Å². The van der Waals surface area contributed by atoms with Crippen LogP contribution >= 0.6 is 11.3 Å². The predicted octanol–water partition coefficient (Wildman–Crippen LogP) is 2.51. The van der Waals surface area contributed by atoms with E-state index in [-0.39, 0.29) is 5.92 Å². The third-order valence-corrected chi connectivity index (χ3v) is 3.58. The summed E-state index contributed by atoms with van der Waals surface area (Å²) in [6, 6.07) is 0.415. The first kappa shape index (κ1) is 14.1. The summed E-state index contributed by atoms with van der Waals surface area (Å²) in [7, 11) is 0. The lowest BCUT2D eigenvalue weighted by Gasteiger charge is -2.13. The van der Waals surface area contributed by atoms with E-state index >= 15 is 0 Å². The molecule has 0 spiro atoms. The van der Waals surface area contributed by atoms with E-state index in [9.17, 15) is 4.79 Å². The van der Waals surface area contributed by atoms with Gasteiger partial charge in [-0.3, -0.25) is 9.78 Å². The van der Waals surface area contributed by atoms with E-state index in [1.54, 1.807) is 18.3 Å². The quantitative estimate of drug-likeness (QED) is 0.750. The smallest absolute Gasteiger partial charge is 0.306 e. The number of carboxylic acid groups (broad SMARTS) is 1. The second kappa shape index (κ2) is 7.40. The van der Waals surface area contributed by atoms with Crippen molar-refractivity contribution in [2.75, 3.05) is 0 Å². The minimum atomic E-state index is -0.699. The zero-order valence-corrected chi connectivity index (χ0v) is 11.2. The Morgan fingerprint density at radius 1 is 1.53 bits per heavy atom. The van der Waals surface area contributed by atoms with E-state index in [1.165, 1.54) is 4.88 Å². The highest BCUT2D eigenvalue weighted by Crippen LogP contribution is 2.10. The number of aromatic nitrogens is 1. The average molecular weight is 256 g/mol. The molecule has 1 rings (SSSR count). The normalized spacial score (nSPS) is 14.5. The third kappa shape index (κ3) is 5.79. The summed E-state index contributed by atoms with van der Waals surface area (Å²) in [5, 5.41) is 12.2. The van der Waals surface area contributed by atoms with Crippen molar-refractivity contribution in [2.45, 2.75) is 45.7 Å². The van der Waals surface area contributed by atoms with Crippen molar-refractivity contribution in [2.24, 2.45) is 5.92 Å². The van der Waals surface area contributed by atoms with Gasteiger partial charge in [0, 0.05) is 23.7 Å². The number of carboxylic acids is 1. The van der Waals surface area contributed by atoms with Crippen molar-refractivity contribution in [1.82, 2.24) is 10.3 Å². The van der Waals surface area contributed by atoms with Crippen molar-refractivity contribution >= 4 is 17.3 Å². The number of carbonyl (C=O) groups is 1. The predicted molar refractivity (Wildman–Crippen MR) is 69.1 cm³/mol. The van der Waals surface area contributed by atoms with Crippen molar-refractivity contribution < 1.29 is 9.90 Å². The molecule has 1 aromatic heterocycles. The minimum Gasteiger partial charge on any atom is -0.481 e. The summed E-state index contributed by atoms with van der Waals surface area (Å²) in [6.07, 6.45) is 4.58. The monoisotopic (exact) mass is 256 g/mol. The molecule has 5 heteroatoms. The van der Waals surface area contributed by atoms with E-state index in [2.05, 4.69) is 17.2 Å².